The molecule has 1 aliphatic rings. The number of anilines is 1. The lowest BCUT2D eigenvalue weighted by atomic mass is 10.1. The molecular weight excluding hydrogens is 464 g/mol. The second-order valence-corrected chi connectivity index (χ2v) is 9.29. The maximum absolute atomic E-state index is 12.8. The molecule has 1 atom stereocenters. The van der Waals surface area contributed by atoms with E-state index < -0.39 is 6.23 Å². The van der Waals surface area contributed by atoms with Crippen LogP contribution >= 0.6 is 27.7 Å². The lowest BCUT2D eigenvalue weighted by Crippen LogP contribution is -2.36. The SMILES string of the molecule is CC(=O)N1c2ccccc2-c2nnc(SCC(C)C)nc2OC1c1cccc(Br)c1. The first-order chi connectivity index (χ1) is 14.4. The monoisotopic (exact) mass is 484 g/mol. The van der Waals surface area contributed by atoms with Crippen molar-refractivity contribution in [1.82, 2.24) is 15.2 Å². The molecule has 1 amide bonds. The third kappa shape index (κ3) is 4.20. The third-order valence-electron chi connectivity index (χ3n) is 4.53. The summed E-state index contributed by atoms with van der Waals surface area (Å²) in [6.07, 6.45) is -0.679. The molecule has 1 unspecified atom stereocenters. The van der Waals surface area contributed by atoms with Gasteiger partial charge in [0.05, 0.1) is 5.69 Å². The van der Waals surface area contributed by atoms with Gasteiger partial charge in [0, 0.05) is 28.3 Å². The number of hydrogen-bond acceptors (Lipinski definition) is 6. The highest BCUT2D eigenvalue weighted by molar-refractivity contribution is 9.10. The third-order valence-corrected chi connectivity index (χ3v) is 6.29. The molecule has 0 radical (unpaired) electrons. The van der Waals surface area contributed by atoms with Gasteiger partial charge in [0.25, 0.3) is 0 Å². The molecular formula is C22H21BrN4O2S. The first-order valence-corrected chi connectivity index (χ1v) is 11.4. The van der Waals surface area contributed by atoms with Crippen molar-refractivity contribution in [3.8, 4) is 17.1 Å². The van der Waals surface area contributed by atoms with E-state index in [-0.39, 0.29) is 5.91 Å². The number of rotatable bonds is 4. The van der Waals surface area contributed by atoms with Crippen LogP contribution in [0, 0.1) is 5.92 Å². The van der Waals surface area contributed by atoms with Gasteiger partial charge >= 0.3 is 0 Å². The van der Waals surface area contributed by atoms with E-state index in [2.05, 4.69) is 45.0 Å². The van der Waals surface area contributed by atoms with E-state index in [1.807, 2.05) is 48.5 Å². The van der Waals surface area contributed by atoms with Crippen LogP contribution < -0.4 is 9.64 Å². The first-order valence-electron chi connectivity index (χ1n) is 9.63. The van der Waals surface area contributed by atoms with E-state index in [0.717, 1.165) is 21.4 Å². The Morgan fingerprint density at radius 3 is 2.73 bits per heavy atom. The average Bonchev–Trinajstić information content (AvgIpc) is 2.86. The van der Waals surface area contributed by atoms with Crippen LogP contribution in [-0.2, 0) is 4.79 Å². The maximum Gasteiger partial charge on any atom is 0.247 e. The van der Waals surface area contributed by atoms with Gasteiger partial charge in [0.1, 0.15) is 0 Å². The minimum atomic E-state index is -0.679. The van der Waals surface area contributed by atoms with Crippen molar-refractivity contribution < 1.29 is 9.53 Å². The summed E-state index contributed by atoms with van der Waals surface area (Å²) in [5.74, 6) is 1.62. The first kappa shape index (κ1) is 20.8. The van der Waals surface area contributed by atoms with Crippen LogP contribution in [0.3, 0.4) is 0 Å². The van der Waals surface area contributed by atoms with Gasteiger partial charge in [-0.3, -0.25) is 9.69 Å². The van der Waals surface area contributed by atoms with Crippen LogP contribution in [0.4, 0.5) is 5.69 Å². The van der Waals surface area contributed by atoms with Gasteiger partial charge in [-0.2, -0.15) is 4.98 Å². The largest absolute Gasteiger partial charge is 0.447 e. The Balaban J connectivity index is 1.88. The van der Waals surface area contributed by atoms with Crippen molar-refractivity contribution in [3.63, 3.8) is 0 Å². The molecule has 154 valence electrons. The minimum absolute atomic E-state index is 0.136. The number of ether oxygens (including phenoxy) is 1. The summed E-state index contributed by atoms with van der Waals surface area (Å²) in [4.78, 5) is 19.0. The number of thioether (sulfide) groups is 1. The Labute approximate surface area is 188 Å². The van der Waals surface area contributed by atoms with E-state index >= 15 is 0 Å². The van der Waals surface area contributed by atoms with Crippen molar-refractivity contribution in [2.45, 2.75) is 32.2 Å². The number of nitrogens with zero attached hydrogens (tertiary/aromatic N) is 4. The van der Waals surface area contributed by atoms with Gasteiger partial charge in [0.15, 0.2) is 5.69 Å². The van der Waals surface area contributed by atoms with Crippen LogP contribution in [0.1, 0.15) is 32.6 Å². The average molecular weight is 485 g/mol. The lowest BCUT2D eigenvalue weighted by molar-refractivity contribution is -0.118. The highest BCUT2D eigenvalue weighted by atomic mass is 79.9. The fourth-order valence-electron chi connectivity index (χ4n) is 3.23. The zero-order valence-electron chi connectivity index (χ0n) is 16.9. The molecule has 0 fully saturated rings. The van der Waals surface area contributed by atoms with Crippen molar-refractivity contribution in [1.29, 1.82) is 0 Å². The van der Waals surface area contributed by atoms with Crippen LogP contribution in [0.2, 0.25) is 0 Å². The summed E-state index contributed by atoms with van der Waals surface area (Å²) in [5, 5.41) is 9.29. The summed E-state index contributed by atoms with van der Waals surface area (Å²) in [6.45, 7) is 5.82. The Hall–Kier alpha value is -2.45. The van der Waals surface area contributed by atoms with Gasteiger partial charge in [-0.15, -0.1) is 10.2 Å². The molecule has 2 heterocycles. The highest BCUT2D eigenvalue weighted by Crippen LogP contribution is 2.43. The standard InChI is InChI=1S/C22H21BrN4O2S/c1-13(2)12-30-22-24-20-19(25-26-22)17-9-4-5-10-18(17)27(14(3)28)21(29-20)15-7-6-8-16(23)11-15/h4-11,13,21H,12H2,1-3H3. The number of aromatic nitrogens is 3. The fraction of sp³-hybridized carbons (Fsp3) is 0.273. The molecule has 2 aromatic carbocycles. The fourth-order valence-corrected chi connectivity index (χ4v) is 4.38. The van der Waals surface area contributed by atoms with Crippen molar-refractivity contribution in [2.24, 2.45) is 5.92 Å². The van der Waals surface area contributed by atoms with E-state index in [0.29, 0.717) is 28.3 Å². The van der Waals surface area contributed by atoms with E-state index in [1.54, 1.807) is 16.7 Å². The number of halogens is 1. The predicted octanol–water partition coefficient (Wildman–Crippen LogP) is 5.49. The Morgan fingerprint density at radius 1 is 1.20 bits per heavy atom. The lowest BCUT2D eigenvalue weighted by Gasteiger charge is -2.30. The van der Waals surface area contributed by atoms with Gasteiger partial charge in [-0.1, -0.05) is 71.9 Å². The number of carbonyl (C=O) groups excluding carboxylic acids is 1. The van der Waals surface area contributed by atoms with Gasteiger partial charge in [-0.05, 0) is 24.1 Å². The second-order valence-electron chi connectivity index (χ2n) is 7.38. The summed E-state index contributed by atoms with van der Waals surface area (Å²) in [7, 11) is 0. The summed E-state index contributed by atoms with van der Waals surface area (Å²) in [5.41, 5.74) is 2.84. The van der Waals surface area contributed by atoms with Crippen molar-refractivity contribution >= 4 is 39.3 Å². The molecule has 0 aliphatic carbocycles. The summed E-state index contributed by atoms with van der Waals surface area (Å²) in [6, 6.07) is 15.3. The molecule has 30 heavy (non-hydrogen) atoms. The number of amides is 1. The molecule has 0 saturated heterocycles. The number of fused-ring (bicyclic) bond motifs is 3. The summed E-state index contributed by atoms with van der Waals surface area (Å²) < 4.78 is 7.26. The predicted molar refractivity (Wildman–Crippen MR) is 121 cm³/mol. The van der Waals surface area contributed by atoms with Gasteiger partial charge in [-0.25, -0.2) is 0 Å². The zero-order chi connectivity index (χ0) is 21.3. The maximum atomic E-state index is 12.8. The molecule has 1 aromatic heterocycles. The Morgan fingerprint density at radius 2 is 2.00 bits per heavy atom. The normalized spacial score (nSPS) is 15.2. The molecule has 0 saturated carbocycles. The zero-order valence-corrected chi connectivity index (χ0v) is 19.3. The smallest absolute Gasteiger partial charge is 0.247 e. The molecule has 1 aliphatic heterocycles. The molecule has 6 nitrogen and oxygen atoms in total. The molecule has 3 aromatic rings. The van der Waals surface area contributed by atoms with E-state index in [4.69, 9.17) is 4.74 Å². The van der Waals surface area contributed by atoms with E-state index in [9.17, 15) is 4.79 Å². The summed E-state index contributed by atoms with van der Waals surface area (Å²) >= 11 is 5.06. The van der Waals surface area contributed by atoms with Crippen LogP contribution in [0.5, 0.6) is 5.88 Å². The van der Waals surface area contributed by atoms with Crippen LogP contribution in [-0.4, -0.2) is 26.8 Å². The number of para-hydroxylation sites is 1. The minimum Gasteiger partial charge on any atom is -0.447 e. The van der Waals surface area contributed by atoms with Gasteiger partial charge < -0.3 is 4.74 Å². The van der Waals surface area contributed by atoms with Crippen LogP contribution in [0.15, 0.2) is 58.2 Å². The van der Waals surface area contributed by atoms with Crippen molar-refractivity contribution in [2.75, 3.05) is 10.7 Å². The molecule has 0 bridgehead atoms. The number of hydrogen-bond donors (Lipinski definition) is 0. The molecule has 4 rings (SSSR count). The Kier molecular flexibility index (Phi) is 6.06. The molecule has 8 heteroatoms. The number of carbonyl (C=O) groups is 1. The highest BCUT2D eigenvalue weighted by Gasteiger charge is 2.34. The van der Waals surface area contributed by atoms with Gasteiger partial charge in [0.2, 0.25) is 23.2 Å². The topological polar surface area (TPSA) is 68.2 Å². The number of benzene rings is 2. The van der Waals surface area contributed by atoms with Crippen molar-refractivity contribution in [3.05, 3.63) is 58.6 Å². The Bertz CT molecular complexity index is 1090. The van der Waals surface area contributed by atoms with E-state index in [1.165, 1.54) is 6.92 Å². The molecule has 0 N–H and O–H groups in total. The second kappa shape index (κ2) is 8.73. The quantitative estimate of drug-likeness (QED) is 0.455. The van der Waals surface area contributed by atoms with Crippen LogP contribution in [0.25, 0.3) is 11.3 Å². The molecule has 0 spiro atoms.